The normalized spacial score (nSPS) is 15.4. The summed E-state index contributed by atoms with van der Waals surface area (Å²) in [5, 5.41) is 9.32. The molecule has 11 nitrogen and oxygen atoms in total. The second kappa shape index (κ2) is 11.4. The van der Waals surface area contributed by atoms with Crippen LogP contribution >= 0.6 is 0 Å². The van der Waals surface area contributed by atoms with Gasteiger partial charge in [0.05, 0.1) is 31.5 Å². The first kappa shape index (κ1) is 26.3. The maximum Gasteiger partial charge on any atom is 0.338 e. The van der Waals surface area contributed by atoms with Crippen molar-refractivity contribution in [2.75, 3.05) is 20.3 Å². The molecule has 1 aromatic carbocycles. The Bertz CT molecular complexity index is 1230. The van der Waals surface area contributed by atoms with E-state index < -0.39 is 23.9 Å². The quantitative estimate of drug-likeness (QED) is 0.277. The smallest absolute Gasteiger partial charge is 0.338 e. The molecule has 0 spiro atoms. The number of aryl methyl sites for hydroxylation is 1. The highest BCUT2D eigenvalue weighted by molar-refractivity contribution is 5.95. The van der Waals surface area contributed by atoms with Crippen molar-refractivity contribution >= 4 is 24.1 Å². The number of urea groups is 1. The van der Waals surface area contributed by atoms with Crippen molar-refractivity contribution in [3.05, 3.63) is 58.1 Å². The number of methoxy groups -OCH3 is 1. The van der Waals surface area contributed by atoms with Gasteiger partial charge in [-0.1, -0.05) is 6.07 Å². The third-order valence-electron chi connectivity index (χ3n) is 5.85. The monoisotopic (exact) mass is 497 g/mol. The summed E-state index contributed by atoms with van der Waals surface area (Å²) in [7, 11) is 3.41. The van der Waals surface area contributed by atoms with Crippen molar-refractivity contribution < 1.29 is 28.6 Å². The number of benzene rings is 1. The van der Waals surface area contributed by atoms with E-state index in [2.05, 4.69) is 21.2 Å². The number of allylic oxidation sites excluding steroid dienone is 1. The van der Waals surface area contributed by atoms with E-state index >= 15 is 0 Å². The van der Waals surface area contributed by atoms with E-state index in [1.165, 1.54) is 7.11 Å². The molecule has 11 heteroatoms. The van der Waals surface area contributed by atoms with Crippen LogP contribution in [0.1, 0.15) is 42.4 Å². The number of rotatable bonds is 9. The van der Waals surface area contributed by atoms with Crippen LogP contribution in [0, 0.1) is 13.8 Å². The molecule has 3 rings (SSSR count). The molecule has 192 valence electrons. The fourth-order valence-corrected chi connectivity index (χ4v) is 3.77. The fourth-order valence-electron chi connectivity index (χ4n) is 3.77. The number of carbonyl (C=O) groups is 3. The Morgan fingerprint density at radius 3 is 2.58 bits per heavy atom. The van der Waals surface area contributed by atoms with E-state index in [0.717, 1.165) is 17.0 Å². The maximum absolute atomic E-state index is 12.5. The third-order valence-corrected chi connectivity index (χ3v) is 5.85. The zero-order valence-electron chi connectivity index (χ0n) is 21.2. The summed E-state index contributed by atoms with van der Waals surface area (Å²) in [5.74, 6) is -0.345. The van der Waals surface area contributed by atoms with Gasteiger partial charge in [0.1, 0.15) is 0 Å². The molecule has 0 fully saturated rings. The van der Waals surface area contributed by atoms with Crippen LogP contribution in [0.15, 0.2) is 40.6 Å². The van der Waals surface area contributed by atoms with Crippen molar-refractivity contribution in [2.24, 2.45) is 12.1 Å². The molecule has 36 heavy (non-hydrogen) atoms. The lowest BCUT2D eigenvalue weighted by atomic mass is 9.95. The number of amides is 3. The first-order valence-electron chi connectivity index (χ1n) is 11.4. The number of ether oxygens (including phenoxy) is 3. The van der Waals surface area contributed by atoms with Gasteiger partial charge < -0.3 is 29.4 Å². The van der Waals surface area contributed by atoms with Crippen LogP contribution in [0.3, 0.4) is 0 Å². The highest BCUT2D eigenvalue weighted by Gasteiger charge is 2.32. The Balaban J connectivity index is 1.70. The SMILES string of the molecule is CCOC(=O)C1=C(C)NC(=O)NC1c1ccc(OCC(=O)NN=Cc2cc(C)n(C)c2C)c(OC)c1. The van der Waals surface area contributed by atoms with Crippen molar-refractivity contribution in [1.82, 2.24) is 20.6 Å². The molecular weight excluding hydrogens is 466 g/mol. The third kappa shape index (κ3) is 5.85. The number of hydrogen-bond acceptors (Lipinski definition) is 7. The minimum absolute atomic E-state index is 0.198. The summed E-state index contributed by atoms with van der Waals surface area (Å²) in [4.78, 5) is 36.8. The molecule has 0 saturated heterocycles. The van der Waals surface area contributed by atoms with Crippen LogP contribution in [0.4, 0.5) is 4.79 Å². The van der Waals surface area contributed by atoms with E-state index in [9.17, 15) is 14.4 Å². The van der Waals surface area contributed by atoms with Crippen LogP contribution in [0.2, 0.25) is 0 Å². The molecule has 2 heterocycles. The topological polar surface area (TPSA) is 132 Å². The summed E-state index contributed by atoms with van der Waals surface area (Å²) >= 11 is 0. The molecular formula is C25H31N5O6. The molecule has 0 saturated carbocycles. The number of hydrogen-bond donors (Lipinski definition) is 3. The van der Waals surface area contributed by atoms with Gasteiger partial charge >= 0.3 is 12.0 Å². The van der Waals surface area contributed by atoms with Gasteiger partial charge in [-0.25, -0.2) is 15.0 Å². The van der Waals surface area contributed by atoms with Crippen molar-refractivity contribution in [3.8, 4) is 11.5 Å². The number of nitrogens with one attached hydrogen (secondary N) is 3. The zero-order valence-corrected chi connectivity index (χ0v) is 21.2. The first-order valence-corrected chi connectivity index (χ1v) is 11.4. The summed E-state index contributed by atoms with van der Waals surface area (Å²) in [6.45, 7) is 7.20. The molecule has 1 aromatic heterocycles. The molecule has 1 aliphatic heterocycles. The predicted molar refractivity (Wildman–Crippen MR) is 133 cm³/mol. The second-order valence-electron chi connectivity index (χ2n) is 8.17. The number of carbonyl (C=O) groups excluding carboxylic acids is 3. The molecule has 0 radical (unpaired) electrons. The van der Waals surface area contributed by atoms with Crippen LogP contribution in [-0.4, -0.2) is 49.0 Å². The Morgan fingerprint density at radius 1 is 1.19 bits per heavy atom. The van der Waals surface area contributed by atoms with Gasteiger partial charge in [-0.15, -0.1) is 0 Å². The van der Waals surface area contributed by atoms with Crippen molar-refractivity contribution in [2.45, 2.75) is 33.7 Å². The van der Waals surface area contributed by atoms with E-state index in [1.54, 1.807) is 38.3 Å². The van der Waals surface area contributed by atoms with Gasteiger partial charge in [-0.2, -0.15) is 5.10 Å². The summed E-state index contributed by atoms with van der Waals surface area (Å²) in [6, 6.07) is 5.70. The molecule has 2 aromatic rings. The Kier molecular flexibility index (Phi) is 8.36. The Hall–Kier alpha value is -4.28. The standard InChI is InChI=1S/C25H31N5O6/c1-7-35-24(32)22-15(3)27-25(33)28-23(22)17-8-9-19(20(11-17)34-6)36-13-21(31)29-26-12-18-10-14(2)30(5)16(18)4/h8-12,23H,7,13H2,1-6H3,(H,29,31)(H2,27,28,33). The number of esters is 1. The minimum atomic E-state index is -0.747. The van der Waals surface area contributed by atoms with E-state index in [-0.39, 0.29) is 18.8 Å². The molecule has 1 aliphatic rings. The number of aromatic nitrogens is 1. The highest BCUT2D eigenvalue weighted by atomic mass is 16.5. The van der Waals surface area contributed by atoms with E-state index in [0.29, 0.717) is 22.8 Å². The molecule has 1 unspecified atom stereocenters. The van der Waals surface area contributed by atoms with Gasteiger partial charge in [-0.05, 0) is 51.5 Å². The summed E-state index contributed by atoms with van der Waals surface area (Å²) < 4.78 is 18.2. The minimum Gasteiger partial charge on any atom is -0.493 e. The average molecular weight is 498 g/mol. The molecule has 1 atom stereocenters. The van der Waals surface area contributed by atoms with E-state index in [1.807, 2.05) is 31.5 Å². The Morgan fingerprint density at radius 2 is 1.94 bits per heavy atom. The maximum atomic E-state index is 12.5. The second-order valence-corrected chi connectivity index (χ2v) is 8.17. The molecule has 3 amide bonds. The summed E-state index contributed by atoms with van der Waals surface area (Å²) in [6.07, 6.45) is 1.58. The zero-order chi connectivity index (χ0) is 26.4. The number of nitrogens with zero attached hydrogens (tertiary/aromatic N) is 2. The van der Waals surface area contributed by atoms with Crippen molar-refractivity contribution in [1.29, 1.82) is 0 Å². The number of hydrazone groups is 1. The fraction of sp³-hybridized carbons (Fsp3) is 0.360. The molecule has 0 aliphatic carbocycles. The van der Waals surface area contributed by atoms with Gasteiger partial charge in [0.15, 0.2) is 18.1 Å². The van der Waals surface area contributed by atoms with Crippen LogP contribution in [0.5, 0.6) is 11.5 Å². The van der Waals surface area contributed by atoms with E-state index in [4.69, 9.17) is 14.2 Å². The van der Waals surface area contributed by atoms with Gasteiger partial charge in [-0.3, -0.25) is 4.79 Å². The van der Waals surface area contributed by atoms with Gasteiger partial charge in [0.25, 0.3) is 5.91 Å². The highest BCUT2D eigenvalue weighted by Crippen LogP contribution is 2.34. The largest absolute Gasteiger partial charge is 0.493 e. The first-order chi connectivity index (χ1) is 17.2. The van der Waals surface area contributed by atoms with Crippen LogP contribution < -0.4 is 25.5 Å². The predicted octanol–water partition coefficient (Wildman–Crippen LogP) is 2.37. The lowest BCUT2D eigenvalue weighted by Crippen LogP contribution is -2.45. The van der Waals surface area contributed by atoms with Crippen molar-refractivity contribution in [3.63, 3.8) is 0 Å². The van der Waals surface area contributed by atoms with Gasteiger partial charge in [0, 0.05) is 29.7 Å². The lowest BCUT2D eigenvalue weighted by molar-refractivity contribution is -0.139. The van der Waals surface area contributed by atoms with Crippen LogP contribution in [0.25, 0.3) is 0 Å². The molecule has 3 N–H and O–H groups in total. The molecule has 0 bridgehead atoms. The summed E-state index contributed by atoms with van der Waals surface area (Å²) in [5.41, 5.74) is 6.74. The average Bonchev–Trinajstić information content (AvgIpc) is 3.08. The Labute approximate surface area is 209 Å². The van der Waals surface area contributed by atoms with Crippen LogP contribution in [-0.2, 0) is 21.4 Å². The lowest BCUT2D eigenvalue weighted by Gasteiger charge is -2.28. The van der Waals surface area contributed by atoms with Gasteiger partial charge in [0.2, 0.25) is 0 Å².